The van der Waals surface area contributed by atoms with Gasteiger partial charge in [-0.25, -0.2) is 0 Å². The van der Waals surface area contributed by atoms with E-state index in [0.29, 0.717) is 5.56 Å². The lowest BCUT2D eigenvalue weighted by Gasteiger charge is -2.10. The molecule has 0 amide bonds. The third-order valence-electron chi connectivity index (χ3n) is 1.61. The molecular formula is C9H8F3. The lowest BCUT2D eigenvalue weighted by molar-refractivity contribution is -0.138. The number of benzene rings is 1. The lowest BCUT2D eigenvalue weighted by Crippen LogP contribution is -2.07. The summed E-state index contributed by atoms with van der Waals surface area (Å²) in [6.45, 7) is 4.87. The molecule has 0 atom stereocenters. The maximum absolute atomic E-state index is 12.2. The second-order valence-electron chi connectivity index (χ2n) is 2.65. The summed E-state index contributed by atoms with van der Waals surface area (Å²) in [4.78, 5) is 0. The molecule has 1 aromatic carbocycles. The Labute approximate surface area is 69.0 Å². The van der Waals surface area contributed by atoms with Crippen LogP contribution in [0.1, 0.15) is 16.7 Å². The van der Waals surface area contributed by atoms with Crippen LogP contribution in [0.25, 0.3) is 0 Å². The van der Waals surface area contributed by atoms with Gasteiger partial charge in [0.05, 0.1) is 5.56 Å². The molecule has 0 bridgehead atoms. The molecular weight excluding hydrogens is 165 g/mol. The summed E-state index contributed by atoms with van der Waals surface area (Å²) in [5, 5.41) is 0. The van der Waals surface area contributed by atoms with Crippen molar-refractivity contribution >= 4 is 0 Å². The van der Waals surface area contributed by atoms with Gasteiger partial charge in [0.25, 0.3) is 0 Å². The first-order valence-electron chi connectivity index (χ1n) is 3.41. The number of halogens is 3. The predicted octanol–water partition coefficient (Wildman–Crippen LogP) is 3.20. The van der Waals surface area contributed by atoms with Crippen LogP contribution in [-0.2, 0) is 6.18 Å². The van der Waals surface area contributed by atoms with Gasteiger partial charge in [-0.3, -0.25) is 0 Å². The molecule has 65 valence electrons. The molecule has 0 saturated carbocycles. The van der Waals surface area contributed by atoms with Crippen LogP contribution in [0.2, 0.25) is 0 Å². The highest BCUT2D eigenvalue weighted by Gasteiger charge is 2.31. The molecule has 1 radical (unpaired) electrons. The van der Waals surface area contributed by atoms with E-state index in [-0.39, 0.29) is 5.56 Å². The molecule has 0 aliphatic carbocycles. The van der Waals surface area contributed by atoms with E-state index in [0.717, 1.165) is 6.07 Å². The number of hydrogen-bond acceptors (Lipinski definition) is 0. The second-order valence-corrected chi connectivity index (χ2v) is 2.65. The Kier molecular flexibility index (Phi) is 2.13. The van der Waals surface area contributed by atoms with Crippen LogP contribution in [0.15, 0.2) is 18.2 Å². The van der Waals surface area contributed by atoms with Crippen molar-refractivity contribution in [2.24, 2.45) is 0 Å². The van der Waals surface area contributed by atoms with Gasteiger partial charge < -0.3 is 0 Å². The van der Waals surface area contributed by atoms with Crippen LogP contribution >= 0.6 is 0 Å². The van der Waals surface area contributed by atoms with Gasteiger partial charge in [0.2, 0.25) is 0 Å². The van der Waals surface area contributed by atoms with Crippen LogP contribution < -0.4 is 0 Å². The van der Waals surface area contributed by atoms with Crippen LogP contribution in [0, 0.1) is 13.8 Å². The third-order valence-corrected chi connectivity index (χ3v) is 1.61. The van der Waals surface area contributed by atoms with Crippen molar-refractivity contribution in [3.8, 4) is 0 Å². The van der Waals surface area contributed by atoms with Crippen molar-refractivity contribution in [3.05, 3.63) is 41.8 Å². The van der Waals surface area contributed by atoms with Gasteiger partial charge in [-0.2, -0.15) is 13.2 Å². The van der Waals surface area contributed by atoms with E-state index in [2.05, 4.69) is 6.92 Å². The normalized spacial score (nSPS) is 11.8. The van der Waals surface area contributed by atoms with Gasteiger partial charge in [-0.1, -0.05) is 12.1 Å². The molecule has 3 heteroatoms. The molecule has 0 unspecified atom stereocenters. The minimum atomic E-state index is -4.27. The number of rotatable bonds is 0. The van der Waals surface area contributed by atoms with Crippen LogP contribution in [-0.4, -0.2) is 0 Å². The highest BCUT2D eigenvalue weighted by Crippen LogP contribution is 2.31. The second kappa shape index (κ2) is 2.81. The van der Waals surface area contributed by atoms with Crippen molar-refractivity contribution in [1.82, 2.24) is 0 Å². The van der Waals surface area contributed by atoms with E-state index in [1.807, 2.05) is 0 Å². The quantitative estimate of drug-likeness (QED) is 0.565. The van der Waals surface area contributed by atoms with Gasteiger partial charge >= 0.3 is 6.18 Å². The highest BCUT2D eigenvalue weighted by molar-refractivity contribution is 5.34. The van der Waals surface area contributed by atoms with Crippen molar-refractivity contribution in [3.63, 3.8) is 0 Å². The van der Waals surface area contributed by atoms with Gasteiger partial charge in [-0.05, 0) is 31.0 Å². The van der Waals surface area contributed by atoms with Gasteiger partial charge in [0, 0.05) is 0 Å². The van der Waals surface area contributed by atoms with E-state index in [4.69, 9.17) is 0 Å². The molecule has 0 fully saturated rings. The summed E-state index contributed by atoms with van der Waals surface area (Å²) in [5.74, 6) is 0. The summed E-state index contributed by atoms with van der Waals surface area (Å²) < 4.78 is 36.6. The maximum atomic E-state index is 12.2. The minimum absolute atomic E-state index is 0.231. The van der Waals surface area contributed by atoms with Crippen molar-refractivity contribution in [2.75, 3.05) is 0 Å². The summed E-state index contributed by atoms with van der Waals surface area (Å²) in [6.07, 6.45) is -4.27. The molecule has 0 N–H and O–H groups in total. The largest absolute Gasteiger partial charge is 0.416 e. The molecule has 0 nitrogen and oxygen atoms in total. The average molecular weight is 173 g/mol. The zero-order chi connectivity index (χ0) is 9.35. The van der Waals surface area contributed by atoms with E-state index < -0.39 is 11.7 Å². The molecule has 0 spiro atoms. The Morgan fingerprint density at radius 1 is 1.25 bits per heavy atom. The fourth-order valence-corrected chi connectivity index (χ4v) is 0.975. The highest BCUT2D eigenvalue weighted by atomic mass is 19.4. The van der Waals surface area contributed by atoms with Crippen molar-refractivity contribution in [1.29, 1.82) is 0 Å². The Bertz CT molecular complexity index is 286. The molecule has 1 aromatic rings. The van der Waals surface area contributed by atoms with Gasteiger partial charge in [0.1, 0.15) is 0 Å². The molecule has 0 aromatic heterocycles. The fraction of sp³-hybridized carbons (Fsp3) is 0.222. The monoisotopic (exact) mass is 173 g/mol. The number of aryl methyl sites for hydroxylation is 1. The smallest absolute Gasteiger partial charge is 0.166 e. The average Bonchev–Trinajstić information content (AvgIpc) is 1.92. The summed E-state index contributed by atoms with van der Waals surface area (Å²) in [5.41, 5.74) is 0.0119. The zero-order valence-electron chi connectivity index (χ0n) is 6.57. The third kappa shape index (κ3) is 1.78. The Morgan fingerprint density at radius 3 is 2.25 bits per heavy atom. The first-order valence-corrected chi connectivity index (χ1v) is 3.41. The van der Waals surface area contributed by atoms with Crippen LogP contribution in [0.3, 0.4) is 0 Å². The summed E-state index contributed by atoms with van der Waals surface area (Å²) >= 11 is 0. The van der Waals surface area contributed by atoms with E-state index in [1.165, 1.54) is 13.0 Å². The first-order chi connectivity index (χ1) is 5.41. The number of alkyl halides is 3. The molecule has 1 rings (SSSR count). The maximum Gasteiger partial charge on any atom is 0.416 e. The van der Waals surface area contributed by atoms with E-state index in [1.54, 1.807) is 6.07 Å². The SMILES string of the molecule is [CH2]c1ccc(C)c(C(F)(F)F)c1. The standard InChI is InChI=1S/C9H8F3/c1-6-3-4-7(2)8(5-6)9(10,11)12/h3-5H,1H2,2H3. The molecule has 12 heavy (non-hydrogen) atoms. The minimum Gasteiger partial charge on any atom is -0.166 e. The molecule has 0 saturated heterocycles. The zero-order valence-corrected chi connectivity index (χ0v) is 6.57. The topological polar surface area (TPSA) is 0 Å². The summed E-state index contributed by atoms with van der Waals surface area (Å²) in [6, 6.07) is 4.03. The molecule has 0 aliphatic heterocycles. The van der Waals surface area contributed by atoms with Crippen molar-refractivity contribution < 1.29 is 13.2 Å². The van der Waals surface area contributed by atoms with Gasteiger partial charge in [0.15, 0.2) is 0 Å². The Hall–Kier alpha value is -0.990. The van der Waals surface area contributed by atoms with Crippen LogP contribution in [0.4, 0.5) is 13.2 Å². The number of hydrogen-bond donors (Lipinski definition) is 0. The summed E-state index contributed by atoms with van der Waals surface area (Å²) in [7, 11) is 0. The molecule has 0 aliphatic rings. The Balaban J connectivity index is 3.23. The van der Waals surface area contributed by atoms with E-state index >= 15 is 0 Å². The van der Waals surface area contributed by atoms with Crippen molar-refractivity contribution in [2.45, 2.75) is 13.1 Å². The van der Waals surface area contributed by atoms with E-state index in [9.17, 15) is 13.2 Å². The molecule has 0 heterocycles. The van der Waals surface area contributed by atoms with Gasteiger partial charge in [-0.15, -0.1) is 0 Å². The first kappa shape index (κ1) is 9.10. The fourth-order valence-electron chi connectivity index (χ4n) is 0.975. The lowest BCUT2D eigenvalue weighted by atomic mass is 10.1. The predicted molar refractivity (Wildman–Crippen MR) is 40.6 cm³/mol. The Morgan fingerprint density at radius 2 is 1.83 bits per heavy atom. The van der Waals surface area contributed by atoms with Crippen LogP contribution in [0.5, 0.6) is 0 Å².